The lowest BCUT2D eigenvalue weighted by Gasteiger charge is -2.33. The van der Waals surface area contributed by atoms with Gasteiger partial charge in [-0.2, -0.15) is 5.10 Å². The number of hydrogen-bond donors (Lipinski definition) is 2. The van der Waals surface area contributed by atoms with Gasteiger partial charge in [0.2, 0.25) is 0 Å². The summed E-state index contributed by atoms with van der Waals surface area (Å²) in [6.45, 7) is 7.67. The smallest absolute Gasteiger partial charge is 0.176 e. The van der Waals surface area contributed by atoms with Crippen LogP contribution >= 0.6 is 11.6 Å². The maximum atomic E-state index is 9.99. The highest BCUT2D eigenvalue weighted by molar-refractivity contribution is 6.32. The molecule has 1 aromatic rings. The van der Waals surface area contributed by atoms with Gasteiger partial charge in [0.1, 0.15) is 0 Å². The number of hydrazone groups is 1. The van der Waals surface area contributed by atoms with Crippen LogP contribution in [-0.4, -0.2) is 42.0 Å². The van der Waals surface area contributed by atoms with E-state index in [1.165, 1.54) is 5.71 Å². The summed E-state index contributed by atoms with van der Waals surface area (Å²) in [5.41, 5.74) is 5.48. The van der Waals surface area contributed by atoms with E-state index in [-0.39, 0.29) is 11.8 Å². The highest BCUT2D eigenvalue weighted by atomic mass is 35.5. The van der Waals surface area contributed by atoms with E-state index in [0.717, 1.165) is 31.6 Å². The number of aromatic hydroxyl groups is 1. The number of phenolic OH excluding ortho intramolecular Hbond substituents is 1. The molecule has 0 amide bonds. The lowest BCUT2D eigenvalue weighted by Crippen LogP contribution is -2.41. The zero-order chi connectivity index (χ0) is 15.7. The van der Waals surface area contributed by atoms with Crippen LogP contribution in [0.25, 0.3) is 0 Å². The van der Waals surface area contributed by atoms with E-state index in [1.807, 2.05) is 13.0 Å². The number of halogens is 1. The number of likely N-dealkylation sites (tertiary alicyclic amines) is 1. The van der Waals surface area contributed by atoms with Gasteiger partial charge < -0.3 is 20.2 Å². The van der Waals surface area contributed by atoms with Crippen LogP contribution in [0, 0.1) is 5.92 Å². The van der Waals surface area contributed by atoms with Crippen LogP contribution < -0.4 is 10.2 Å². The summed E-state index contributed by atoms with van der Waals surface area (Å²) in [5, 5.41) is 14.8. The van der Waals surface area contributed by atoms with Crippen molar-refractivity contribution in [1.29, 1.82) is 0 Å². The van der Waals surface area contributed by atoms with Crippen molar-refractivity contribution >= 4 is 17.3 Å². The molecule has 0 aliphatic carbocycles. The van der Waals surface area contributed by atoms with Gasteiger partial charge in [0, 0.05) is 31.1 Å². The van der Waals surface area contributed by atoms with Gasteiger partial charge in [-0.1, -0.05) is 18.5 Å². The molecule has 2 aliphatic heterocycles. The Kier molecular flexibility index (Phi) is 4.45. The Bertz CT molecular complexity index is 591. The second-order valence-electron chi connectivity index (χ2n) is 5.74. The summed E-state index contributed by atoms with van der Waals surface area (Å²) in [4.78, 5) is 2.44. The topological polar surface area (TPSA) is 57.1 Å². The number of hydrogen-bond acceptors (Lipinski definition) is 5. The third-order valence-electron chi connectivity index (χ3n) is 4.47. The Labute approximate surface area is 135 Å². The second-order valence-corrected chi connectivity index (χ2v) is 6.15. The first-order valence-electron chi connectivity index (χ1n) is 7.83. The van der Waals surface area contributed by atoms with E-state index in [9.17, 15) is 5.11 Å². The van der Waals surface area contributed by atoms with Crippen molar-refractivity contribution in [3.05, 3.63) is 22.7 Å². The predicted octanol–water partition coefficient (Wildman–Crippen LogP) is 2.79. The molecule has 0 spiro atoms. The number of phenols is 1. The average molecular weight is 324 g/mol. The fourth-order valence-corrected chi connectivity index (χ4v) is 3.46. The number of rotatable bonds is 4. The fraction of sp³-hybridized carbons (Fsp3) is 0.562. The summed E-state index contributed by atoms with van der Waals surface area (Å²) in [5.74, 6) is 0.789. The quantitative estimate of drug-likeness (QED) is 0.894. The van der Waals surface area contributed by atoms with E-state index < -0.39 is 0 Å². The lowest BCUT2D eigenvalue weighted by molar-refractivity contribution is 0.238. The van der Waals surface area contributed by atoms with Crippen molar-refractivity contribution in [3.8, 4) is 11.5 Å². The number of fused-ring (bicyclic) bond motifs is 1. The monoisotopic (exact) mass is 323 g/mol. The summed E-state index contributed by atoms with van der Waals surface area (Å²) in [6.07, 6.45) is 1.01. The maximum absolute atomic E-state index is 9.99. The number of ether oxygens (including phenoxy) is 1. The summed E-state index contributed by atoms with van der Waals surface area (Å²) in [7, 11) is 0. The van der Waals surface area contributed by atoms with Gasteiger partial charge in [-0.05, 0) is 31.2 Å². The molecule has 2 heterocycles. The number of benzene rings is 1. The molecule has 2 N–H and O–H groups in total. The first kappa shape index (κ1) is 15.4. The van der Waals surface area contributed by atoms with E-state index >= 15 is 0 Å². The van der Waals surface area contributed by atoms with Gasteiger partial charge in [-0.3, -0.25) is 0 Å². The second kappa shape index (κ2) is 6.34. The maximum Gasteiger partial charge on any atom is 0.176 e. The normalized spacial score (nSPS) is 24.6. The van der Waals surface area contributed by atoms with Crippen molar-refractivity contribution < 1.29 is 9.84 Å². The molecule has 1 fully saturated rings. The largest absolute Gasteiger partial charge is 0.503 e. The highest BCUT2D eigenvalue weighted by Gasteiger charge is 2.37. The van der Waals surface area contributed by atoms with E-state index in [4.69, 9.17) is 16.3 Å². The minimum atomic E-state index is 0.00485. The van der Waals surface area contributed by atoms with Crippen molar-refractivity contribution in [2.24, 2.45) is 11.0 Å². The van der Waals surface area contributed by atoms with Crippen LogP contribution in [0.3, 0.4) is 0 Å². The first-order valence-corrected chi connectivity index (χ1v) is 8.21. The molecule has 1 aromatic carbocycles. The predicted molar refractivity (Wildman–Crippen MR) is 87.8 cm³/mol. The summed E-state index contributed by atoms with van der Waals surface area (Å²) in [6, 6.07) is 3.76. The minimum Gasteiger partial charge on any atom is -0.503 e. The van der Waals surface area contributed by atoms with Gasteiger partial charge >= 0.3 is 0 Å². The van der Waals surface area contributed by atoms with Gasteiger partial charge in [-0.15, -0.1) is 0 Å². The average Bonchev–Trinajstić information content (AvgIpc) is 2.94. The number of piperidine rings is 1. The standard InChI is InChI=1S/C16H22ClN3O2/c1-3-20-6-5-13-11(9-20)15(19-18-13)10-7-12(17)16(21)14(8-10)22-4-2/h7-8,11,15,19,21H,3-6,9H2,1-2H3. The van der Waals surface area contributed by atoms with Crippen molar-refractivity contribution in [2.75, 3.05) is 26.2 Å². The van der Waals surface area contributed by atoms with E-state index in [2.05, 4.69) is 22.4 Å². The Morgan fingerprint density at radius 3 is 3.00 bits per heavy atom. The highest BCUT2D eigenvalue weighted by Crippen LogP contribution is 2.40. The van der Waals surface area contributed by atoms with Gasteiger partial charge in [0.25, 0.3) is 0 Å². The molecular formula is C16H22ClN3O2. The zero-order valence-corrected chi connectivity index (χ0v) is 13.7. The molecule has 0 bridgehead atoms. The molecule has 0 radical (unpaired) electrons. The Morgan fingerprint density at radius 2 is 2.27 bits per heavy atom. The summed E-state index contributed by atoms with van der Waals surface area (Å²) >= 11 is 6.16. The molecule has 22 heavy (non-hydrogen) atoms. The van der Waals surface area contributed by atoms with E-state index in [1.54, 1.807) is 6.07 Å². The lowest BCUT2D eigenvalue weighted by atomic mass is 9.86. The number of nitrogens with one attached hydrogen (secondary N) is 1. The van der Waals surface area contributed by atoms with Gasteiger partial charge in [0.15, 0.2) is 11.5 Å². The van der Waals surface area contributed by atoms with Crippen LogP contribution in [0.15, 0.2) is 17.2 Å². The molecular weight excluding hydrogens is 302 g/mol. The minimum absolute atomic E-state index is 0.00485. The molecule has 3 rings (SSSR count). The fourth-order valence-electron chi connectivity index (χ4n) is 3.24. The Hall–Kier alpha value is -1.46. The van der Waals surface area contributed by atoms with Gasteiger partial charge in [0.05, 0.1) is 17.7 Å². The summed E-state index contributed by atoms with van der Waals surface area (Å²) < 4.78 is 5.49. The Balaban J connectivity index is 1.88. The SMILES string of the molecule is CCOc1cc(C2NN=C3CCN(CC)CC32)cc(Cl)c1O. The molecule has 2 atom stereocenters. The molecule has 1 saturated heterocycles. The van der Waals surface area contributed by atoms with Crippen LogP contribution in [0.1, 0.15) is 31.9 Å². The molecule has 6 heteroatoms. The van der Waals surface area contributed by atoms with Gasteiger partial charge in [-0.25, -0.2) is 0 Å². The van der Waals surface area contributed by atoms with Crippen molar-refractivity contribution in [1.82, 2.24) is 10.3 Å². The third-order valence-corrected chi connectivity index (χ3v) is 4.76. The van der Waals surface area contributed by atoms with Crippen molar-refractivity contribution in [3.63, 3.8) is 0 Å². The molecule has 2 unspecified atom stereocenters. The molecule has 0 aromatic heterocycles. The number of nitrogens with zero attached hydrogens (tertiary/aromatic N) is 2. The third kappa shape index (κ3) is 2.75. The molecule has 2 aliphatic rings. The Morgan fingerprint density at radius 1 is 1.45 bits per heavy atom. The van der Waals surface area contributed by atoms with E-state index in [0.29, 0.717) is 23.3 Å². The first-order chi connectivity index (χ1) is 10.6. The zero-order valence-electron chi connectivity index (χ0n) is 13.0. The van der Waals surface area contributed by atoms with Crippen LogP contribution in [0.4, 0.5) is 0 Å². The van der Waals surface area contributed by atoms with Crippen LogP contribution in [-0.2, 0) is 0 Å². The van der Waals surface area contributed by atoms with Crippen molar-refractivity contribution in [2.45, 2.75) is 26.3 Å². The molecule has 0 saturated carbocycles. The molecule has 5 nitrogen and oxygen atoms in total. The molecule has 120 valence electrons. The van der Waals surface area contributed by atoms with Crippen LogP contribution in [0.2, 0.25) is 5.02 Å². The van der Waals surface area contributed by atoms with Crippen LogP contribution in [0.5, 0.6) is 11.5 Å².